The molecule has 5 N–H and O–H groups in total. The number of aliphatic hydroxyl groups is 1. The number of carbonyl (C=O) groups excluding carboxylic acids is 2. The van der Waals surface area contributed by atoms with Crippen LogP contribution in [0.15, 0.2) is 48.7 Å². The number of nitrogens with zero attached hydrogens (tertiary/aromatic N) is 1. The number of H-pyrrole nitrogens is 1. The van der Waals surface area contributed by atoms with Crippen molar-refractivity contribution < 1.29 is 24.6 Å². The molecule has 9 nitrogen and oxygen atoms in total. The number of amides is 2. The Hall–Kier alpha value is -3.69. The van der Waals surface area contributed by atoms with Gasteiger partial charge in [-0.15, -0.1) is 0 Å². The summed E-state index contributed by atoms with van der Waals surface area (Å²) >= 11 is 0. The number of aliphatic hydroxyl groups excluding tert-OH is 1. The van der Waals surface area contributed by atoms with E-state index in [0.29, 0.717) is 37.5 Å². The van der Waals surface area contributed by atoms with E-state index in [9.17, 15) is 14.7 Å². The maximum atomic E-state index is 13.7. The Bertz CT molecular complexity index is 1300. The Morgan fingerprint density at radius 1 is 1.15 bits per heavy atom. The molecule has 220 valence electrons. The van der Waals surface area contributed by atoms with Crippen LogP contribution in [0.5, 0.6) is 0 Å². The molecule has 2 aromatic carbocycles. The van der Waals surface area contributed by atoms with Crippen LogP contribution in [-0.2, 0) is 22.4 Å². The molecule has 5 rings (SSSR count). The van der Waals surface area contributed by atoms with Gasteiger partial charge in [0.25, 0.3) is 12.4 Å². The van der Waals surface area contributed by atoms with Crippen molar-refractivity contribution in [3.8, 4) is 0 Å². The first-order valence-electron chi connectivity index (χ1n) is 14.7. The summed E-state index contributed by atoms with van der Waals surface area (Å²) in [5.74, 6) is -0.150. The first-order chi connectivity index (χ1) is 19.9. The minimum absolute atomic E-state index is 0.0858. The number of aromatic amines is 1. The molecule has 2 atom stereocenters. The van der Waals surface area contributed by atoms with Gasteiger partial charge in [0.15, 0.2) is 0 Å². The molecule has 0 bridgehead atoms. The fourth-order valence-electron chi connectivity index (χ4n) is 5.95. The molecular formula is C32H42N4O5. The van der Waals surface area contributed by atoms with Gasteiger partial charge in [0.1, 0.15) is 0 Å². The molecule has 1 saturated heterocycles. The summed E-state index contributed by atoms with van der Waals surface area (Å²) in [5, 5.41) is 25.8. The lowest BCUT2D eigenvalue weighted by molar-refractivity contribution is -0.123. The zero-order valence-electron chi connectivity index (χ0n) is 23.8. The summed E-state index contributed by atoms with van der Waals surface area (Å²) in [7, 11) is 0. The number of aryl methyl sites for hydroxylation is 1. The predicted octanol–water partition coefficient (Wildman–Crippen LogP) is 4.18. The van der Waals surface area contributed by atoms with Crippen LogP contribution in [0, 0.1) is 0 Å². The van der Waals surface area contributed by atoms with Crippen molar-refractivity contribution in [2.75, 3.05) is 18.0 Å². The van der Waals surface area contributed by atoms with Crippen molar-refractivity contribution in [3.05, 3.63) is 65.4 Å². The number of benzene rings is 2. The molecule has 1 aliphatic heterocycles. The Labute approximate surface area is 241 Å². The molecular weight excluding hydrogens is 520 g/mol. The van der Waals surface area contributed by atoms with E-state index in [0.717, 1.165) is 53.4 Å². The third-order valence-corrected chi connectivity index (χ3v) is 8.16. The molecule has 3 aromatic rings. The highest BCUT2D eigenvalue weighted by molar-refractivity contribution is 6.08. The number of hydrogen-bond acceptors (Lipinski definition) is 5. The van der Waals surface area contributed by atoms with E-state index in [2.05, 4.69) is 22.5 Å². The summed E-state index contributed by atoms with van der Waals surface area (Å²) in [4.78, 5) is 39.8. The minimum atomic E-state index is -0.733. The predicted molar refractivity (Wildman–Crippen MR) is 160 cm³/mol. The minimum Gasteiger partial charge on any atom is -0.483 e. The van der Waals surface area contributed by atoms with Crippen molar-refractivity contribution >= 4 is 34.9 Å². The maximum Gasteiger partial charge on any atom is 0.290 e. The maximum absolute atomic E-state index is 13.7. The smallest absolute Gasteiger partial charge is 0.290 e. The van der Waals surface area contributed by atoms with Gasteiger partial charge in [-0.25, -0.2) is 0 Å². The van der Waals surface area contributed by atoms with Gasteiger partial charge in [-0.2, -0.15) is 0 Å². The number of carbonyl (C=O) groups is 3. The van der Waals surface area contributed by atoms with Crippen LogP contribution in [0.4, 0.5) is 5.69 Å². The number of rotatable bonds is 10. The molecule has 41 heavy (non-hydrogen) atoms. The van der Waals surface area contributed by atoms with Gasteiger partial charge in [-0.1, -0.05) is 56.5 Å². The van der Waals surface area contributed by atoms with E-state index >= 15 is 0 Å². The van der Waals surface area contributed by atoms with Crippen molar-refractivity contribution in [2.24, 2.45) is 0 Å². The topological polar surface area (TPSA) is 135 Å². The summed E-state index contributed by atoms with van der Waals surface area (Å²) in [6.45, 7) is 2.93. The zero-order chi connectivity index (χ0) is 29.2. The van der Waals surface area contributed by atoms with Crippen molar-refractivity contribution in [1.82, 2.24) is 15.6 Å². The Kier molecular flexibility index (Phi) is 10.9. The molecule has 2 fully saturated rings. The number of hydrogen-bond donors (Lipinski definition) is 5. The van der Waals surface area contributed by atoms with Crippen molar-refractivity contribution in [2.45, 2.75) is 82.9 Å². The van der Waals surface area contributed by atoms with Crippen LogP contribution in [0.2, 0.25) is 0 Å². The van der Waals surface area contributed by atoms with Crippen LogP contribution in [-0.4, -0.2) is 64.8 Å². The number of nitrogens with one attached hydrogen (secondary N) is 3. The highest BCUT2D eigenvalue weighted by Crippen LogP contribution is 2.33. The molecule has 2 heterocycles. The van der Waals surface area contributed by atoms with Gasteiger partial charge in [0, 0.05) is 42.7 Å². The van der Waals surface area contributed by atoms with Crippen LogP contribution in [0.25, 0.3) is 10.9 Å². The lowest BCUT2D eigenvalue weighted by Gasteiger charge is -2.28. The third kappa shape index (κ3) is 7.74. The number of carboxylic acid groups (broad SMARTS) is 1. The summed E-state index contributed by atoms with van der Waals surface area (Å²) in [6.07, 6.45) is 9.93. The SMILES string of the molecule is CCc1c[nH]c2c(N3CCCC3=O)cc(C(=O)N[C@@H](Cc3ccccc3)[C@H](O)CNC3CCCCC3)cc12.O=CO. The normalized spacial score (nSPS) is 17.1. The van der Waals surface area contributed by atoms with Crippen molar-refractivity contribution in [1.29, 1.82) is 0 Å². The molecule has 1 saturated carbocycles. The summed E-state index contributed by atoms with van der Waals surface area (Å²) < 4.78 is 0. The number of anilines is 1. The average Bonchev–Trinajstić information content (AvgIpc) is 3.62. The van der Waals surface area contributed by atoms with Gasteiger partial charge >= 0.3 is 0 Å². The van der Waals surface area contributed by atoms with E-state index in [4.69, 9.17) is 9.90 Å². The zero-order valence-corrected chi connectivity index (χ0v) is 23.8. The van der Waals surface area contributed by atoms with Gasteiger partial charge in [-0.05, 0) is 55.4 Å². The van der Waals surface area contributed by atoms with Crippen molar-refractivity contribution in [3.63, 3.8) is 0 Å². The molecule has 1 aromatic heterocycles. The molecule has 0 radical (unpaired) electrons. The standard InChI is InChI=1S/C31H40N4O3.CH2O2/c1-2-22-19-33-30-25(22)17-23(18-27(30)35-15-9-14-29(35)37)31(38)34-26(16-21-10-5-3-6-11-21)28(36)20-32-24-12-7-4-8-13-24;2-1-3/h3,5-6,10-11,17-19,24,26,28,32-33,36H,2,4,7-9,12-16,20H2,1H3,(H,34,38);1H,(H,2,3)/t26-,28+;/m0./s1. The lowest BCUT2D eigenvalue weighted by Crippen LogP contribution is -2.50. The molecule has 2 aliphatic rings. The second kappa shape index (κ2) is 14.8. The Morgan fingerprint density at radius 3 is 2.54 bits per heavy atom. The second-order valence-electron chi connectivity index (χ2n) is 10.9. The summed E-state index contributed by atoms with van der Waals surface area (Å²) in [6, 6.07) is 13.7. The first kappa shape index (κ1) is 30.3. The molecule has 0 spiro atoms. The number of aromatic nitrogens is 1. The van der Waals surface area contributed by atoms with Crippen LogP contribution >= 0.6 is 0 Å². The quantitative estimate of drug-likeness (QED) is 0.235. The highest BCUT2D eigenvalue weighted by Gasteiger charge is 2.28. The van der Waals surface area contributed by atoms with E-state index in [1.54, 1.807) is 4.90 Å². The van der Waals surface area contributed by atoms with Gasteiger partial charge in [-0.3, -0.25) is 14.4 Å². The van der Waals surface area contributed by atoms with Gasteiger partial charge < -0.3 is 30.7 Å². The molecule has 9 heteroatoms. The Balaban J connectivity index is 0.00000124. The number of fused-ring (bicyclic) bond motifs is 1. The lowest BCUT2D eigenvalue weighted by atomic mass is 9.94. The fraction of sp³-hybridized carbons (Fsp3) is 0.469. The average molecular weight is 563 g/mol. The van der Waals surface area contributed by atoms with E-state index in [-0.39, 0.29) is 18.3 Å². The molecule has 1 aliphatic carbocycles. The van der Waals surface area contributed by atoms with Crippen LogP contribution in [0.1, 0.15) is 73.4 Å². The molecule has 2 amide bonds. The monoisotopic (exact) mass is 562 g/mol. The first-order valence-corrected chi connectivity index (χ1v) is 14.7. The van der Waals surface area contributed by atoms with E-state index in [1.807, 2.05) is 48.7 Å². The van der Waals surface area contributed by atoms with E-state index < -0.39 is 12.1 Å². The van der Waals surface area contributed by atoms with E-state index in [1.165, 1.54) is 19.3 Å². The molecule has 0 unspecified atom stereocenters. The summed E-state index contributed by atoms with van der Waals surface area (Å²) in [5.41, 5.74) is 4.33. The van der Waals surface area contributed by atoms with Gasteiger partial charge in [0.2, 0.25) is 5.91 Å². The van der Waals surface area contributed by atoms with Crippen LogP contribution in [0.3, 0.4) is 0 Å². The highest BCUT2D eigenvalue weighted by atomic mass is 16.3. The van der Waals surface area contributed by atoms with Crippen LogP contribution < -0.4 is 15.5 Å². The fourth-order valence-corrected chi connectivity index (χ4v) is 5.95. The van der Waals surface area contributed by atoms with Gasteiger partial charge in [0.05, 0.1) is 23.3 Å². The Morgan fingerprint density at radius 2 is 1.88 bits per heavy atom. The second-order valence-corrected chi connectivity index (χ2v) is 10.9. The largest absolute Gasteiger partial charge is 0.483 e. The third-order valence-electron chi connectivity index (χ3n) is 8.16.